The number of nitrogens with zero attached hydrogens (tertiary/aromatic N) is 1. The van der Waals surface area contributed by atoms with E-state index < -0.39 is 12.1 Å². The number of anilines is 1. The maximum atomic E-state index is 13.0. The molecule has 2 aliphatic carbocycles. The van der Waals surface area contributed by atoms with E-state index in [2.05, 4.69) is 5.32 Å². The lowest BCUT2D eigenvalue weighted by Crippen LogP contribution is -2.36. The number of nitrogens with one attached hydrogen (secondary N) is 1. The lowest BCUT2D eigenvalue weighted by atomic mass is 10.0. The number of likely N-dealkylation sites (N-methyl/N-ethyl adjacent to an activating group) is 1. The summed E-state index contributed by atoms with van der Waals surface area (Å²) in [5, 5.41) is 14.4. The minimum Gasteiger partial charge on any atom is -0.390 e. The first kappa shape index (κ1) is 19.2. The van der Waals surface area contributed by atoms with Gasteiger partial charge in [-0.25, -0.2) is 0 Å². The number of aliphatic hydroxyl groups excluding tert-OH is 1. The van der Waals surface area contributed by atoms with E-state index >= 15 is 0 Å². The number of carbonyl (C=O) groups is 2. The van der Waals surface area contributed by atoms with Crippen molar-refractivity contribution in [1.82, 2.24) is 4.90 Å². The topological polar surface area (TPSA) is 69.6 Å². The minimum absolute atomic E-state index is 0.0237. The lowest BCUT2D eigenvalue weighted by Gasteiger charge is -2.28. The molecule has 0 aromatic heterocycles. The zero-order valence-electron chi connectivity index (χ0n) is 15.3. The maximum Gasteiger partial charge on any atom is 0.254 e. The van der Waals surface area contributed by atoms with Gasteiger partial charge in [-0.1, -0.05) is 23.2 Å². The Morgan fingerprint density at radius 1 is 1.14 bits per heavy atom. The summed E-state index contributed by atoms with van der Waals surface area (Å²) in [6, 6.07) is 9.66. The van der Waals surface area contributed by atoms with Crippen LogP contribution in [0.2, 0.25) is 10.0 Å². The van der Waals surface area contributed by atoms with Crippen LogP contribution in [0.3, 0.4) is 0 Å². The summed E-state index contributed by atoms with van der Waals surface area (Å²) < 4.78 is 0. The van der Waals surface area contributed by atoms with Gasteiger partial charge in [0.05, 0.1) is 12.1 Å². The van der Waals surface area contributed by atoms with Crippen LogP contribution in [0.5, 0.6) is 0 Å². The molecule has 2 atom stereocenters. The second kappa shape index (κ2) is 7.39. The summed E-state index contributed by atoms with van der Waals surface area (Å²) in [5.41, 5.74) is 2.73. The molecular weight excluding hydrogens is 399 g/mol. The first-order valence-corrected chi connectivity index (χ1v) is 9.94. The molecule has 0 bridgehead atoms. The number of benzene rings is 2. The van der Waals surface area contributed by atoms with E-state index in [1.165, 1.54) is 4.90 Å². The van der Waals surface area contributed by atoms with Gasteiger partial charge in [0.15, 0.2) is 0 Å². The maximum absolute atomic E-state index is 13.0. The molecule has 1 fully saturated rings. The summed E-state index contributed by atoms with van der Waals surface area (Å²) in [6.07, 6.45) is 1.50. The highest BCUT2D eigenvalue weighted by Crippen LogP contribution is 2.41. The molecule has 7 heteroatoms. The number of aliphatic hydroxyl groups is 1. The van der Waals surface area contributed by atoms with E-state index in [9.17, 15) is 14.7 Å². The van der Waals surface area contributed by atoms with Crippen LogP contribution < -0.4 is 5.32 Å². The molecule has 5 nitrogen and oxygen atoms in total. The fraction of sp³-hybridized carbons (Fsp3) is 0.333. The first-order valence-electron chi connectivity index (χ1n) is 9.19. The van der Waals surface area contributed by atoms with Gasteiger partial charge in [-0.15, -0.1) is 0 Å². The summed E-state index contributed by atoms with van der Waals surface area (Å²) >= 11 is 12.4. The number of hydrogen-bond acceptors (Lipinski definition) is 3. The molecule has 0 saturated heterocycles. The number of carbonyl (C=O) groups excluding carboxylic acids is 2. The molecule has 0 unspecified atom stereocenters. The first-order chi connectivity index (χ1) is 13.3. The molecule has 146 valence electrons. The van der Waals surface area contributed by atoms with Crippen LogP contribution in [0.15, 0.2) is 36.4 Å². The number of fused-ring (bicyclic) bond motifs is 1. The molecule has 2 amide bonds. The molecule has 4 rings (SSSR count). The third-order valence-corrected chi connectivity index (χ3v) is 5.93. The number of amides is 2. The number of halogens is 2. The summed E-state index contributed by atoms with van der Waals surface area (Å²) in [7, 11) is 1.66. The summed E-state index contributed by atoms with van der Waals surface area (Å²) in [4.78, 5) is 26.3. The fourth-order valence-corrected chi connectivity index (χ4v) is 4.30. The van der Waals surface area contributed by atoms with Crippen molar-refractivity contribution >= 4 is 40.7 Å². The highest BCUT2D eigenvalue weighted by atomic mass is 35.5. The molecule has 1 saturated carbocycles. The van der Waals surface area contributed by atoms with Crippen LogP contribution in [0.4, 0.5) is 5.69 Å². The van der Waals surface area contributed by atoms with Gasteiger partial charge in [-0.05, 0) is 60.4 Å². The van der Waals surface area contributed by atoms with E-state index in [0.29, 0.717) is 27.7 Å². The van der Waals surface area contributed by atoms with Crippen molar-refractivity contribution in [3.05, 3.63) is 63.1 Å². The standard InChI is InChI=1S/C21H20Cl2N2O3/c1-25(19-16-8-13(22)9-17(23)15(16)10-18(19)26)21(28)12-4-6-14(7-5-12)24-20(27)11-2-3-11/h4-9,11,18-19,26H,2-3,10H2,1H3,(H,24,27)/t18-,19+/m0/s1. The third kappa shape index (κ3) is 3.62. The van der Waals surface area contributed by atoms with Crippen molar-refractivity contribution in [2.75, 3.05) is 12.4 Å². The molecule has 28 heavy (non-hydrogen) atoms. The Labute approximate surface area is 173 Å². The summed E-state index contributed by atoms with van der Waals surface area (Å²) in [6.45, 7) is 0. The van der Waals surface area contributed by atoms with Crippen LogP contribution in [-0.4, -0.2) is 35.0 Å². The lowest BCUT2D eigenvalue weighted by molar-refractivity contribution is -0.117. The molecule has 2 aromatic carbocycles. The van der Waals surface area contributed by atoms with Gasteiger partial charge >= 0.3 is 0 Å². The van der Waals surface area contributed by atoms with Gasteiger partial charge in [-0.3, -0.25) is 9.59 Å². The van der Waals surface area contributed by atoms with Gasteiger partial charge in [0.1, 0.15) is 0 Å². The second-order valence-corrected chi connectivity index (χ2v) is 8.27. The van der Waals surface area contributed by atoms with Crippen LogP contribution in [-0.2, 0) is 11.2 Å². The van der Waals surface area contributed by atoms with Crippen LogP contribution in [0, 0.1) is 5.92 Å². The van der Waals surface area contributed by atoms with Crippen molar-refractivity contribution in [2.45, 2.75) is 31.4 Å². The van der Waals surface area contributed by atoms with Crippen LogP contribution in [0.1, 0.15) is 40.4 Å². The van der Waals surface area contributed by atoms with Gasteiger partial charge in [-0.2, -0.15) is 0 Å². The molecule has 2 aliphatic rings. The van der Waals surface area contributed by atoms with E-state index in [1.807, 2.05) is 0 Å². The number of rotatable bonds is 4. The Morgan fingerprint density at radius 3 is 2.46 bits per heavy atom. The summed E-state index contributed by atoms with van der Waals surface area (Å²) in [5.74, 6) is -0.0845. The van der Waals surface area contributed by atoms with E-state index in [1.54, 1.807) is 43.4 Å². The molecule has 0 heterocycles. The molecule has 2 aromatic rings. The van der Waals surface area contributed by atoms with Crippen molar-refractivity contribution in [3.8, 4) is 0 Å². The third-order valence-electron chi connectivity index (χ3n) is 5.38. The zero-order chi connectivity index (χ0) is 20.0. The van der Waals surface area contributed by atoms with Gasteiger partial charge < -0.3 is 15.3 Å². The Morgan fingerprint density at radius 2 is 1.82 bits per heavy atom. The van der Waals surface area contributed by atoms with E-state index in [4.69, 9.17) is 23.2 Å². The average molecular weight is 419 g/mol. The highest BCUT2D eigenvalue weighted by molar-refractivity contribution is 6.35. The van der Waals surface area contributed by atoms with E-state index in [-0.39, 0.29) is 17.7 Å². The van der Waals surface area contributed by atoms with Gasteiger partial charge in [0, 0.05) is 40.7 Å². The normalized spacial score (nSPS) is 20.6. The predicted molar refractivity (Wildman–Crippen MR) is 109 cm³/mol. The molecule has 2 N–H and O–H groups in total. The van der Waals surface area contributed by atoms with Crippen molar-refractivity contribution in [1.29, 1.82) is 0 Å². The smallest absolute Gasteiger partial charge is 0.254 e. The Kier molecular flexibility index (Phi) is 5.08. The largest absolute Gasteiger partial charge is 0.390 e. The molecular formula is C21H20Cl2N2O3. The molecule has 0 radical (unpaired) electrons. The Balaban J connectivity index is 1.53. The van der Waals surface area contributed by atoms with Crippen molar-refractivity contribution in [2.24, 2.45) is 5.92 Å². The van der Waals surface area contributed by atoms with Crippen LogP contribution >= 0.6 is 23.2 Å². The SMILES string of the molecule is CN(C(=O)c1ccc(NC(=O)C2CC2)cc1)[C@@H]1c2cc(Cl)cc(Cl)c2C[C@@H]1O. The Bertz CT molecular complexity index is 941. The predicted octanol–water partition coefficient (Wildman–Crippen LogP) is 4.07. The minimum atomic E-state index is -0.753. The zero-order valence-corrected chi connectivity index (χ0v) is 16.8. The Hall–Kier alpha value is -2.08. The highest BCUT2D eigenvalue weighted by Gasteiger charge is 2.38. The van der Waals surface area contributed by atoms with Gasteiger partial charge in [0.25, 0.3) is 5.91 Å². The van der Waals surface area contributed by atoms with Crippen molar-refractivity contribution in [3.63, 3.8) is 0 Å². The average Bonchev–Trinajstić information content (AvgIpc) is 3.45. The van der Waals surface area contributed by atoms with Gasteiger partial charge in [0.2, 0.25) is 5.91 Å². The second-order valence-electron chi connectivity index (χ2n) is 7.43. The number of hydrogen-bond donors (Lipinski definition) is 2. The molecule has 0 spiro atoms. The van der Waals surface area contributed by atoms with Crippen LogP contribution in [0.25, 0.3) is 0 Å². The quantitative estimate of drug-likeness (QED) is 0.785. The van der Waals surface area contributed by atoms with Crippen molar-refractivity contribution < 1.29 is 14.7 Å². The van der Waals surface area contributed by atoms with E-state index in [0.717, 1.165) is 24.0 Å². The fourth-order valence-electron chi connectivity index (χ4n) is 3.71. The molecule has 0 aliphatic heterocycles. The monoisotopic (exact) mass is 418 g/mol.